The topological polar surface area (TPSA) is 141 Å². The highest BCUT2D eigenvalue weighted by atomic mass is 16.7. The number of nitrogens with one attached hydrogen (secondary N) is 3. The maximum Gasteiger partial charge on any atom is 0.312 e. The van der Waals surface area contributed by atoms with Crippen molar-refractivity contribution in [3.63, 3.8) is 0 Å². The monoisotopic (exact) mass is 1010 g/mol. The van der Waals surface area contributed by atoms with E-state index in [1.54, 1.807) is 0 Å². The highest BCUT2D eigenvalue weighted by molar-refractivity contribution is 5.76. The standard InChI is InChI=1S/C61H111N3O8/c1-40(2)58(17)35-44(31-54(9,10)39-58)50(66)70-48(29-27-25-23-21-22-24-26-28-30-69-49(65)45-32-55(11,12)62-59(18,36-45)41(3)4)53(71-51(67)46-33-56(13,14)63-60(19,37-46)42(5)6)72-52(68)47-34-57(15,16)64-61(20,38-47)43(7)8/h40-48,53,62-64H,21-39H2,1-20H3. The lowest BCUT2D eigenvalue weighted by Gasteiger charge is -2.50. The zero-order valence-electron chi connectivity index (χ0n) is 50.0. The Kier molecular flexibility index (Phi) is 21.1. The molecule has 11 nitrogen and oxygen atoms in total. The van der Waals surface area contributed by atoms with E-state index in [9.17, 15) is 19.2 Å². The van der Waals surface area contributed by atoms with Crippen LogP contribution in [0.3, 0.4) is 0 Å². The van der Waals surface area contributed by atoms with Crippen LogP contribution in [0.4, 0.5) is 0 Å². The second kappa shape index (κ2) is 24.4. The third kappa shape index (κ3) is 17.4. The number of carbonyl (C=O) groups is 4. The summed E-state index contributed by atoms with van der Waals surface area (Å²) < 4.78 is 25.5. The fourth-order valence-electron chi connectivity index (χ4n) is 13.9. The van der Waals surface area contributed by atoms with Crippen molar-refractivity contribution in [3.8, 4) is 0 Å². The predicted octanol–water partition coefficient (Wildman–Crippen LogP) is 13.4. The van der Waals surface area contributed by atoms with E-state index in [-0.39, 0.29) is 79.7 Å². The third-order valence-corrected chi connectivity index (χ3v) is 18.8. The molecule has 0 aromatic heterocycles. The number of ether oxygens (including phenoxy) is 4. The summed E-state index contributed by atoms with van der Waals surface area (Å²) in [6.07, 6.45) is 12.1. The lowest BCUT2D eigenvalue weighted by Crippen LogP contribution is -2.63. The Labute approximate surface area is 440 Å². The average molecular weight is 1010 g/mol. The van der Waals surface area contributed by atoms with Gasteiger partial charge in [0.05, 0.1) is 30.3 Å². The predicted molar refractivity (Wildman–Crippen MR) is 292 cm³/mol. The molecule has 1 aliphatic carbocycles. The first kappa shape index (κ1) is 62.3. The average Bonchev–Trinajstić information content (AvgIpc) is 3.21. The van der Waals surface area contributed by atoms with Gasteiger partial charge in [-0.05, 0) is 174 Å². The summed E-state index contributed by atoms with van der Waals surface area (Å²) in [5.41, 5.74) is -1.59. The Bertz CT molecular complexity index is 1750. The quantitative estimate of drug-likeness (QED) is 0.0390. The Morgan fingerprint density at radius 2 is 0.764 bits per heavy atom. The lowest BCUT2D eigenvalue weighted by atomic mass is 9.57. The van der Waals surface area contributed by atoms with Crippen LogP contribution in [0.1, 0.15) is 254 Å². The van der Waals surface area contributed by atoms with Crippen LogP contribution in [0.5, 0.6) is 0 Å². The molecule has 3 saturated heterocycles. The van der Waals surface area contributed by atoms with Gasteiger partial charge in [-0.3, -0.25) is 19.2 Å². The van der Waals surface area contributed by atoms with E-state index in [0.29, 0.717) is 57.0 Å². The van der Waals surface area contributed by atoms with E-state index in [4.69, 9.17) is 18.9 Å². The van der Waals surface area contributed by atoms with Crippen LogP contribution < -0.4 is 16.0 Å². The zero-order valence-corrected chi connectivity index (χ0v) is 50.0. The van der Waals surface area contributed by atoms with E-state index < -0.39 is 36.2 Å². The minimum absolute atomic E-state index is 0.0419. The molecule has 4 rings (SSSR count). The molecule has 1 saturated carbocycles. The van der Waals surface area contributed by atoms with Crippen molar-refractivity contribution in [2.45, 2.75) is 300 Å². The van der Waals surface area contributed by atoms with Crippen molar-refractivity contribution in [2.75, 3.05) is 6.61 Å². The molecular weight excluding hydrogens is 903 g/mol. The van der Waals surface area contributed by atoms with Crippen molar-refractivity contribution in [2.24, 2.45) is 58.2 Å². The fraction of sp³-hybridized carbons (Fsp3) is 0.934. The number of rotatable bonds is 23. The second-order valence-corrected chi connectivity index (χ2v) is 29.3. The molecule has 4 fully saturated rings. The molecule has 9 atom stereocenters. The number of esters is 4. The van der Waals surface area contributed by atoms with Crippen LogP contribution in [0.25, 0.3) is 0 Å². The molecule has 418 valence electrons. The van der Waals surface area contributed by atoms with Gasteiger partial charge in [0.2, 0.25) is 0 Å². The van der Waals surface area contributed by atoms with Crippen molar-refractivity contribution in [1.82, 2.24) is 16.0 Å². The maximum atomic E-state index is 14.7. The van der Waals surface area contributed by atoms with Crippen LogP contribution >= 0.6 is 0 Å². The second-order valence-electron chi connectivity index (χ2n) is 29.3. The van der Waals surface area contributed by atoms with E-state index in [0.717, 1.165) is 77.0 Å². The molecule has 9 unspecified atom stereocenters. The van der Waals surface area contributed by atoms with Gasteiger partial charge in [-0.25, -0.2) is 0 Å². The summed E-state index contributed by atoms with van der Waals surface area (Å²) in [4.78, 5) is 57.3. The van der Waals surface area contributed by atoms with Crippen LogP contribution in [-0.2, 0) is 38.1 Å². The van der Waals surface area contributed by atoms with Crippen molar-refractivity contribution >= 4 is 23.9 Å². The SMILES string of the molecule is CC(C)C1(C)CC(C(=O)OC(CCCCCCCCCCOC(=O)C2CC(C)(C)NC(C)(C(C)C)C2)C(OC(=O)C2CC(C)(C)NC(C)(C(C)C)C2)OC(=O)C2CC(C)(C)NC(C)(C(C)C)C2)CC(C)(C)C1. The van der Waals surface area contributed by atoms with Gasteiger partial charge < -0.3 is 34.9 Å². The van der Waals surface area contributed by atoms with E-state index in [1.165, 1.54) is 0 Å². The van der Waals surface area contributed by atoms with Crippen molar-refractivity contribution < 1.29 is 38.1 Å². The molecule has 3 N–H and O–H groups in total. The summed E-state index contributed by atoms with van der Waals surface area (Å²) in [7, 11) is 0. The third-order valence-electron chi connectivity index (χ3n) is 18.8. The van der Waals surface area contributed by atoms with Gasteiger partial charge in [0.1, 0.15) is 0 Å². The summed E-state index contributed by atoms with van der Waals surface area (Å²) in [5.74, 6) is -1.13. The molecule has 0 bridgehead atoms. The molecule has 0 radical (unpaired) electrons. The summed E-state index contributed by atoms with van der Waals surface area (Å²) >= 11 is 0. The Morgan fingerprint density at radius 3 is 1.15 bits per heavy atom. The smallest absolute Gasteiger partial charge is 0.312 e. The number of piperidine rings is 3. The Balaban J connectivity index is 1.49. The van der Waals surface area contributed by atoms with Gasteiger partial charge in [0, 0.05) is 33.2 Å². The van der Waals surface area contributed by atoms with Gasteiger partial charge in [0.15, 0.2) is 6.10 Å². The van der Waals surface area contributed by atoms with E-state index in [1.807, 2.05) is 0 Å². The first-order valence-corrected chi connectivity index (χ1v) is 29.1. The Hall–Kier alpha value is -2.24. The van der Waals surface area contributed by atoms with Crippen LogP contribution in [-0.4, -0.2) is 76.1 Å². The molecule has 0 aromatic rings. The van der Waals surface area contributed by atoms with E-state index in [2.05, 4.69) is 154 Å². The van der Waals surface area contributed by atoms with E-state index >= 15 is 0 Å². The van der Waals surface area contributed by atoms with Gasteiger partial charge >= 0.3 is 23.9 Å². The van der Waals surface area contributed by atoms with Crippen LogP contribution in [0.2, 0.25) is 0 Å². The number of hydrogen-bond acceptors (Lipinski definition) is 11. The van der Waals surface area contributed by atoms with Crippen LogP contribution in [0.15, 0.2) is 0 Å². The highest BCUT2D eigenvalue weighted by Gasteiger charge is 2.51. The summed E-state index contributed by atoms with van der Waals surface area (Å²) in [5, 5.41) is 11.4. The molecule has 3 heterocycles. The van der Waals surface area contributed by atoms with Gasteiger partial charge in [-0.2, -0.15) is 0 Å². The lowest BCUT2D eigenvalue weighted by molar-refractivity contribution is -0.224. The molecule has 3 aliphatic heterocycles. The number of unbranched alkanes of at least 4 members (excludes halogenated alkanes) is 7. The van der Waals surface area contributed by atoms with Crippen molar-refractivity contribution in [3.05, 3.63) is 0 Å². The minimum atomic E-state index is -1.37. The molecule has 0 amide bonds. The van der Waals surface area contributed by atoms with Gasteiger partial charge in [0.25, 0.3) is 6.29 Å². The van der Waals surface area contributed by atoms with Gasteiger partial charge in [-0.1, -0.05) is 115 Å². The normalized spacial score (nSPS) is 33.1. The highest BCUT2D eigenvalue weighted by Crippen LogP contribution is 2.53. The molecule has 72 heavy (non-hydrogen) atoms. The molecule has 0 aromatic carbocycles. The maximum absolute atomic E-state index is 14.7. The first-order chi connectivity index (χ1) is 32.9. The summed E-state index contributed by atoms with van der Waals surface area (Å²) in [6.45, 7) is 44.4. The molecular formula is C61H111N3O8. The molecule has 4 aliphatic rings. The summed E-state index contributed by atoms with van der Waals surface area (Å²) in [6, 6.07) is 0. The molecule has 11 heteroatoms. The molecule has 0 spiro atoms. The van der Waals surface area contributed by atoms with Gasteiger partial charge in [-0.15, -0.1) is 0 Å². The fourth-order valence-corrected chi connectivity index (χ4v) is 13.9. The Morgan fingerprint density at radius 1 is 0.417 bits per heavy atom. The van der Waals surface area contributed by atoms with Crippen molar-refractivity contribution in [1.29, 1.82) is 0 Å². The zero-order chi connectivity index (χ0) is 54.5. The minimum Gasteiger partial charge on any atom is -0.465 e. The number of hydrogen-bond donors (Lipinski definition) is 3. The van der Waals surface area contributed by atoms with Crippen LogP contribution in [0, 0.1) is 58.2 Å². The largest absolute Gasteiger partial charge is 0.465 e. The first-order valence-electron chi connectivity index (χ1n) is 29.1. The number of carbonyl (C=O) groups excluding carboxylic acids is 4.